The Morgan fingerprint density at radius 1 is 1.26 bits per heavy atom. The molecule has 0 aliphatic carbocycles. The minimum Gasteiger partial charge on any atom is -0.504 e. The molecule has 2 aromatic carbocycles. The van der Waals surface area contributed by atoms with E-state index in [0.717, 1.165) is 0 Å². The van der Waals surface area contributed by atoms with Crippen molar-refractivity contribution in [2.24, 2.45) is 5.10 Å². The number of aromatic nitrogens is 5. The summed E-state index contributed by atoms with van der Waals surface area (Å²) in [6.07, 6.45) is 0. The van der Waals surface area contributed by atoms with Crippen LogP contribution >= 0.6 is 0 Å². The molecule has 0 atom stereocenters. The van der Waals surface area contributed by atoms with Gasteiger partial charge in [0.2, 0.25) is 11.6 Å². The van der Waals surface area contributed by atoms with Gasteiger partial charge in [0.1, 0.15) is 11.4 Å². The normalized spacial score (nSPS) is 11.3. The topological polar surface area (TPSA) is 176 Å². The second kappa shape index (κ2) is 9.91. The first-order valence-electron chi connectivity index (χ1n) is 10.4. The predicted octanol–water partition coefficient (Wildman–Crippen LogP) is 2.17. The Morgan fingerprint density at radius 3 is 2.80 bits per heavy atom. The third-order valence-corrected chi connectivity index (χ3v) is 4.92. The zero-order valence-corrected chi connectivity index (χ0v) is 19.1. The number of hydrogen-bond donors (Lipinski definition) is 3. The van der Waals surface area contributed by atoms with Gasteiger partial charge in [0, 0.05) is 11.1 Å². The highest BCUT2D eigenvalue weighted by molar-refractivity contribution is 6.02. The van der Waals surface area contributed by atoms with Crippen molar-refractivity contribution in [3.8, 4) is 34.3 Å². The summed E-state index contributed by atoms with van der Waals surface area (Å²) in [6.45, 7) is 4.02. The van der Waals surface area contributed by atoms with Crippen LogP contribution in [0, 0.1) is 0 Å². The lowest BCUT2D eigenvalue weighted by molar-refractivity contribution is 0.0950. The fourth-order valence-electron chi connectivity index (χ4n) is 3.23. The van der Waals surface area contributed by atoms with E-state index in [9.17, 15) is 9.90 Å². The van der Waals surface area contributed by atoms with Crippen LogP contribution in [0.4, 0.5) is 5.82 Å². The van der Waals surface area contributed by atoms with Crippen LogP contribution in [0.5, 0.6) is 17.2 Å². The van der Waals surface area contributed by atoms with Crippen molar-refractivity contribution >= 4 is 17.4 Å². The second-order valence-electron chi connectivity index (χ2n) is 7.16. The number of ether oxygens (including phenoxy) is 2. The van der Waals surface area contributed by atoms with Crippen LogP contribution in [0.3, 0.4) is 0 Å². The van der Waals surface area contributed by atoms with E-state index in [4.69, 9.17) is 15.2 Å². The molecule has 4 rings (SSSR count). The van der Waals surface area contributed by atoms with Gasteiger partial charge in [-0.2, -0.15) is 9.78 Å². The number of anilines is 1. The molecule has 1 amide bonds. The highest BCUT2D eigenvalue weighted by atomic mass is 16.6. The van der Waals surface area contributed by atoms with Gasteiger partial charge in [-0.1, -0.05) is 17.3 Å². The fourth-order valence-corrected chi connectivity index (χ4v) is 3.23. The number of hydrazone groups is 1. The molecule has 4 aromatic rings. The Balaban J connectivity index is 1.71. The number of benzene rings is 2. The molecular formula is C22H22N8O5. The summed E-state index contributed by atoms with van der Waals surface area (Å²) in [5.74, 6) is 0.272. The van der Waals surface area contributed by atoms with Crippen molar-refractivity contribution in [3.63, 3.8) is 0 Å². The number of nitrogen functional groups attached to an aromatic ring is 1. The van der Waals surface area contributed by atoms with Crippen molar-refractivity contribution in [2.45, 2.75) is 13.8 Å². The van der Waals surface area contributed by atoms with E-state index in [0.29, 0.717) is 29.2 Å². The number of carbonyl (C=O) groups is 1. The molecule has 0 bridgehead atoms. The molecule has 4 N–H and O–H groups in total. The highest BCUT2D eigenvalue weighted by Gasteiger charge is 2.25. The van der Waals surface area contributed by atoms with Crippen LogP contribution in [0.2, 0.25) is 0 Å². The molecule has 13 nitrogen and oxygen atoms in total. The van der Waals surface area contributed by atoms with Crippen molar-refractivity contribution in [1.82, 2.24) is 30.7 Å². The van der Waals surface area contributed by atoms with Gasteiger partial charge in [-0.15, -0.1) is 5.10 Å². The van der Waals surface area contributed by atoms with E-state index in [1.165, 1.54) is 17.9 Å². The number of nitrogens with zero attached hydrogens (tertiary/aromatic N) is 6. The Labute approximate surface area is 199 Å². The lowest BCUT2D eigenvalue weighted by atomic mass is 10.1. The van der Waals surface area contributed by atoms with E-state index in [2.05, 4.69) is 35.8 Å². The largest absolute Gasteiger partial charge is 0.504 e. The van der Waals surface area contributed by atoms with E-state index < -0.39 is 5.91 Å². The lowest BCUT2D eigenvalue weighted by Gasteiger charge is -2.09. The van der Waals surface area contributed by atoms with Gasteiger partial charge in [-0.05, 0) is 54.5 Å². The summed E-state index contributed by atoms with van der Waals surface area (Å²) < 4.78 is 16.6. The SMILES string of the molecule is CCOc1cccc(-c2c(C(=O)N/N=C(\C)c3ccc(O)c(OC)c3)nnn2-c2nonc2N)c1. The quantitative estimate of drug-likeness (QED) is 0.251. The Hall–Kier alpha value is -4.94. The molecule has 0 aliphatic rings. The number of aromatic hydroxyl groups is 1. The van der Waals surface area contributed by atoms with Crippen LogP contribution in [-0.4, -0.2) is 55.7 Å². The molecule has 0 spiro atoms. The van der Waals surface area contributed by atoms with Crippen LogP contribution in [0.15, 0.2) is 52.2 Å². The standard InChI is InChI=1S/C22H22N8O5/c1-4-34-15-7-5-6-14(10-15)19-18(25-29-30(19)21-20(23)27-35-28-21)22(32)26-24-12(2)13-8-9-16(31)17(11-13)33-3/h5-11,31H,4H2,1-3H3,(H2,23,27)(H,26,32)/b24-12+. The number of nitrogens with two attached hydrogens (primary N) is 1. The Kier molecular flexibility index (Phi) is 6.57. The molecule has 0 aliphatic heterocycles. The number of nitrogens with one attached hydrogen (secondary N) is 1. The molecule has 2 heterocycles. The van der Waals surface area contributed by atoms with E-state index in [1.807, 2.05) is 6.92 Å². The molecule has 0 saturated carbocycles. The summed E-state index contributed by atoms with van der Waals surface area (Å²) in [7, 11) is 1.44. The first kappa shape index (κ1) is 23.2. The third-order valence-electron chi connectivity index (χ3n) is 4.92. The molecule has 0 radical (unpaired) electrons. The smallest absolute Gasteiger partial charge is 0.294 e. The molecule has 0 saturated heterocycles. The van der Waals surface area contributed by atoms with Crippen LogP contribution in [0.1, 0.15) is 29.9 Å². The van der Waals surface area contributed by atoms with Crippen molar-refractivity contribution in [3.05, 3.63) is 53.7 Å². The molecule has 2 aromatic heterocycles. The zero-order valence-electron chi connectivity index (χ0n) is 19.1. The second-order valence-corrected chi connectivity index (χ2v) is 7.16. The lowest BCUT2D eigenvalue weighted by Crippen LogP contribution is -2.21. The van der Waals surface area contributed by atoms with Gasteiger partial charge in [0.05, 0.1) is 19.4 Å². The maximum Gasteiger partial charge on any atom is 0.294 e. The maximum atomic E-state index is 13.1. The Bertz CT molecular complexity index is 1390. The van der Waals surface area contributed by atoms with Gasteiger partial charge in [0.15, 0.2) is 17.2 Å². The Morgan fingerprint density at radius 2 is 2.09 bits per heavy atom. The first-order valence-corrected chi connectivity index (χ1v) is 10.4. The number of methoxy groups -OCH3 is 1. The minimum absolute atomic E-state index is 0.00903. The maximum absolute atomic E-state index is 13.1. The highest BCUT2D eigenvalue weighted by Crippen LogP contribution is 2.29. The number of hydrogen-bond acceptors (Lipinski definition) is 11. The number of phenols is 1. The average Bonchev–Trinajstić information content (AvgIpc) is 3.49. The molecule has 13 heteroatoms. The van der Waals surface area contributed by atoms with Crippen LogP contribution in [0.25, 0.3) is 17.1 Å². The summed E-state index contributed by atoms with van der Waals surface area (Å²) in [5, 5.41) is 29.3. The minimum atomic E-state index is -0.631. The number of amides is 1. The summed E-state index contributed by atoms with van der Waals surface area (Å²) >= 11 is 0. The molecule has 180 valence electrons. The fraction of sp³-hybridized carbons (Fsp3) is 0.182. The first-order chi connectivity index (χ1) is 16.9. The van der Waals surface area contributed by atoms with E-state index in [1.54, 1.807) is 43.3 Å². The van der Waals surface area contributed by atoms with Gasteiger partial charge in [0.25, 0.3) is 5.91 Å². The molecule has 0 fully saturated rings. The molecular weight excluding hydrogens is 456 g/mol. The van der Waals surface area contributed by atoms with E-state index >= 15 is 0 Å². The number of carbonyl (C=O) groups excluding carboxylic acids is 1. The van der Waals surface area contributed by atoms with Crippen LogP contribution < -0.4 is 20.6 Å². The number of rotatable bonds is 8. The summed E-state index contributed by atoms with van der Waals surface area (Å²) in [4.78, 5) is 13.1. The van der Waals surface area contributed by atoms with E-state index in [-0.39, 0.29) is 34.5 Å². The average molecular weight is 478 g/mol. The molecule has 0 unspecified atom stereocenters. The zero-order chi connectivity index (χ0) is 24.9. The number of phenolic OH excluding ortho intramolecular Hbond substituents is 1. The molecule has 35 heavy (non-hydrogen) atoms. The monoisotopic (exact) mass is 478 g/mol. The van der Waals surface area contributed by atoms with Gasteiger partial charge in [-0.25, -0.2) is 10.1 Å². The van der Waals surface area contributed by atoms with Gasteiger partial charge < -0.3 is 20.3 Å². The summed E-state index contributed by atoms with van der Waals surface area (Å²) in [5.41, 5.74) is 10.2. The summed E-state index contributed by atoms with van der Waals surface area (Å²) in [6, 6.07) is 11.8. The van der Waals surface area contributed by atoms with Crippen molar-refractivity contribution in [2.75, 3.05) is 19.5 Å². The van der Waals surface area contributed by atoms with Crippen LogP contribution in [-0.2, 0) is 0 Å². The van der Waals surface area contributed by atoms with Gasteiger partial charge >= 0.3 is 0 Å². The van der Waals surface area contributed by atoms with Crippen molar-refractivity contribution < 1.29 is 24.0 Å². The van der Waals surface area contributed by atoms with Gasteiger partial charge in [-0.3, -0.25) is 4.79 Å². The predicted molar refractivity (Wildman–Crippen MR) is 125 cm³/mol. The van der Waals surface area contributed by atoms with Crippen molar-refractivity contribution in [1.29, 1.82) is 0 Å². The third kappa shape index (κ3) is 4.73.